The third-order valence-corrected chi connectivity index (χ3v) is 8.16. The van der Waals surface area contributed by atoms with Crippen molar-refractivity contribution >= 4 is 0 Å². The molecule has 1 nitrogen and oxygen atoms in total. The fraction of sp³-hybridized carbons (Fsp3) is 0.444. The highest BCUT2D eigenvalue weighted by atomic mass is 19.2. The molecule has 1 aliphatic carbocycles. The Morgan fingerprint density at radius 2 is 1.44 bits per heavy atom. The van der Waals surface area contributed by atoms with Gasteiger partial charge in [-0.1, -0.05) is 86.9 Å². The summed E-state index contributed by atoms with van der Waals surface area (Å²) in [4.78, 5) is 0. The molecule has 0 amide bonds. The molecule has 4 rings (SSSR count). The number of rotatable bonds is 13. The first-order valence-electron chi connectivity index (χ1n) is 15.0. The zero-order valence-electron chi connectivity index (χ0n) is 23.7. The van der Waals surface area contributed by atoms with Gasteiger partial charge in [0.05, 0.1) is 6.61 Å². The molecule has 0 bridgehead atoms. The van der Waals surface area contributed by atoms with Crippen molar-refractivity contribution in [3.05, 3.63) is 101 Å². The number of unbranched alkanes of at least 4 members (excludes halogenated alkanes) is 3. The molecular weight excluding hydrogens is 486 g/mol. The molecule has 3 aromatic rings. The normalized spacial score (nSPS) is 17.5. The number of hydrogen-bond donors (Lipinski definition) is 0. The standard InChI is InChI=1S/C36H44F2O/c1-3-5-6-7-10-27-13-19-30(20-14-27)31-21-15-28(16-22-31)11-8-9-12-29-17-23-32(24-18-29)33-25-26-34(39-4-2)36(38)35(33)37/h8,11,13-14,17-20,23-26,28,31H,3-7,9-10,12,15-16,21-22H2,1-2H3/b11-8+. The molecule has 208 valence electrons. The van der Waals surface area contributed by atoms with Crippen LogP contribution in [0, 0.1) is 17.6 Å². The van der Waals surface area contributed by atoms with E-state index in [9.17, 15) is 8.78 Å². The quantitative estimate of drug-likeness (QED) is 0.158. The second-order valence-electron chi connectivity index (χ2n) is 11.0. The first-order chi connectivity index (χ1) is 19.1. The van der Waals surface area contributed by atoms with Crippen LogP contribution in [0.1, 0.15) is 94.2 Å². The Kier molecular flexibility index (Phi) is 11.2. The summed E-state index contributed by atoms with van der Waals surface area (Å²) in [6.07, 6.45) is 18.3. The van der Waals surface area contributed by atoms with Gasteiger partial charge in [0.15, 0.2) is 11.6 Å². The summed E-state index contributed by atoms with van der Waals surface area (Å²) in [5.41, 5.74) is 5.14. The highest BCUT2D eigenvalue weighted by Crippen LogP contribution is 2.36. The van der Waals surface area contributed by atoms with Crippen LogP contribution in [-0.2, 0) is 12.8 Å². The van der Waals surface area contributed by atoms with Crippen LogP contribution in [0.3, 0.4) is 0 Å². The van der Waals surface area contributed by atoms with E-state index in [4.69, 9.17) is 4.74 Å². The Bertz CT molecular complexity index is 1170. The Hall–Kier alpha value is -2.94. The lowest BCUT2D eigenvalue weighted by atomic mass is 9.78. The SMILES string of the molecule is CCCCCCc1ccc(C2CCC(/C=C/CCc3ccc(-c4ccc(OCC)c(F)c4F)cc3)CC2)cc1. The summed E-state index contributed by atoms with van der Waals surface area (Å²) in [6.45, 7) is 4.31. The van der Waals surface area contributed by atoms with Gasteiger partial charge in [-0.2, -0.15) is 4.39 Å². The Labute approximate surface area is 234 Å². The van der Waals surface area contributed by atoms with Gasteiger partial charge in [-0.25, -0.2) is 4.39 Å². The number of hydrogen-bond acceptors (Lipinski definition) is 1. The first-order valence-corrected chi connectivity index (χ1v) is 15.0. The summed E-state index contributed by atoms with van der Waals surface area (Å²) >= 11 is 0. The van der Waals surface area contributed by atoms with Gasteiger partial charge in [0.1, 0.15) is 0 Å². The molecule has 0 aliphatic heterocycles. The minimum atomic E-state index is -0.927. The summed E-state index contributed by atoms with van der Waals surface area (Å²) in [5, 5.41) is 0. The lowest BCUT2D eigenvalue weighted by Gasteiger charge is -2.27. The van der Waals surface area contributed by atoms with Crippen LogP contribution in [0.5, 0.6) is 5.75 Å². The second-order valence-corrected chi connectivity index (χ2v) is 11.0. The van der Waals surface area contributed by atoms with Crippen molar-refractivity contribution in [1.82, 2.24) is 0 Å². The van der Waals surface area contributed by atoms with E-state index in [0.29, 0.717) is 24.0 Å². The molecule has 0 saturated heterocycles. The van der Waals surface area contributed by atoms with Crippen LogP contribution in [0.2, 0.25) is 0 Å². The van der Waals surface area contributed by atoms with Crippen molar-refractivity contribution in [3.63, 3.8) is 0 Å². The summed E-state index contributed by atoms with van der Waals surface area (Å²) < 4.78 is 33.9. The van der Waals surface area contributed by atoms with Gasteiger partial charge in [0.2, 0.25) is 5.82 Å². The average molecular weight is 531 g/mol. The molecule has 0 N–H and O–H groups in total. The Morgan fingerprint density at radius 1 is 0.744 bits per heavy atom. The summed E-state index contributed by atoms with van der Waals surface area (Å²) in [7, 11) is 0. The maximum absolute atomic E-state index is 14.5. The number of halogens is 2. The highest BCUT2D eigenvalue weighted by molar-refractivity contribution is 5.65. The summed E-state index contributed by atoms with van der Waals surface area (Å²) in [5.74, 6) is -0.447. The van der Waals surface area contributed by atoms with Gasteiger partial charge >= 0.3 is 0 Å². The maximum atomic E-state index is 14.5. The number of allylic oxidation sites excluding steroid dienone is 2. The lowest BCUT2D eigenvalue weighted by molar-refractivity contribution is 0.314. The van der Waals surface area contributed by atoms with Crippen LogP contribution in [0.15, 0.2) is 72.8 Å². The van der Waals surface area contributed by atoms with Gasteiger partial charge < -0.3 is 4.74 Å². The van der Waals surface area contributed by atoms with Crippen molar-refractivity contribution in [2.24, 2.45) is 5.92 Å². The molecule has 0 radical (unpaired) electrons. The average Bonchev–Trinajstić information content (AvgIpc) is 2.97. The van der Waals surface area contributed by atoms with Crippen molar-refractivity contribution in [3.8, 4) is 16.9 Å². The zero-order valence-corrected chi connectivity index (χ0v) is 23.7. The zero-order chi connectivity index (χ0) is 27.5. The number of benzene rings is 3. The van der Waals surface area contributed by atoms with Gasteiger partial charge in [0.25, 0.3) is 0 Å². The van der Waals surface area contributed by atoms with Crippen LogP contribution in [0.25, 0.3) is 11.1 Å². The fourth-order valence-electron chi connectivity index (χ4n) is 5.77. The highest BCUT2D eigenvalue weighted by Gasteiger charge is 2.21. The predicted octanol–water partition coefficient (Wildman–Crippen LogP) is 10.6. The monoisotopic (exact) mass is 530 g/mol. The molecule has 39 heavy (non-hydrogen) atoms. The molecule has 0 heterocycles. The van der Waals surface area contributed by atoms with E-state index in [2.05, 4.69) is 43.3 Å². The molecule has 1 aliphatic rings. The van der Waals surface area contributed by atoms with Crippen LogP contribution in [-0.4, -0.2) is 6.61 Å². The lowest BCUT2D eigenvalue weighted by Crippen LogP contribution is -2.11. The second kappa shape index (κ2) is 15.0. The topological polar surface area (TPSA) is 9.23 Å². The molecule has 1 fully saturated rings. The smallest absolute Gasteiger partial charge is 0.201 e. The third kappa shape index (κ3) is 8.27. The van der Waals surface area contributed by atoms with E-state index in [0.717, 1.165) is 12.8 Å². The van der Waals surface area contributed by atoms with E-state index in [1.807, 2.05) is 24.3 Å². The molecule has 3 heteroatoms. The van der Waals surface area contributed by atoms with Gasteiger partial charge in [0, 0.05) is 5.56 Å². The molecule has 0 atom stereocenters. The largest absolute Gasteiger partial charge is 0.491 e. The molecule has 0 aromatic heterocycles. The third-order valence-electron chi connectivity index (χ3n) is 8.16. The minimum Gasteiger partial charge on any atom is -0.491 e. The minimum absolute atomic E-state index is 0.0437. The maximum Gasteiger partial charge on any atom is 0.201 e. The van der Waals surface area contributed by atoms with Crippen molar-refractivity contribution in [2.45, 2.75) is 90.4 Å². The van der Waals surface area contributed by atoms with Gasteiger partial charge in [-0.15, -0.1) is 0 Å². The van der Waals surface area contributed by atoms with E-state index in [1.165, 1.54) is 80.5 Å². The molecule has 3 aromatic carbocycles. The van der Waals surface area contributed by atoms with Crippen molar-refractivity contribution in [2.75, 3.05) is 6.61 Å². The number of aryl methyl sites for hydroxylation is 2. The first kappa shape index (κ1) is 29.1. The van der Waals surface area contributed by atoms with E-state index >= 15 is 0 Å². The van der Waals surface area contributed by atoms with E-state index in [-0.39, 0.29) is 11.3 Å². The molecule has 0 unspecified atom stereocenters. The molecule has 0 spiro atoms. The van der Waals surface area contributed by atoms with Gasteiger partial charge in [-0.05, 0) is 105 Å². The fourth-order valence-corrected chi connectivity index (χ4v) is 5.77. The Morgan fingerprint density at radius 3 is 2.13 bits per heavy atom. The van der Waals surface area contributed by atoms with Crippen LogP contribution < -0.4 is 4.74 Å². The van der Waals surface area contributed by atoms with Crippen molar-refractivity contribution < 1.29 is 13.5 Å². The van der Waals surface area contributed by atoms with Crippen LogP contribution in [0.4, 0.5) is 8.78 Å². The number of ether oxygens (including phenoxy) is 1. The molecule has 1 saturated carbocycles. The van der Waals surface area contributed by atoms with Gasteiger partial charge in [-0.3, -0.25) is 0 Å². The van der Waals surface area contributed by atoms with E-state index < -0.39 is 11.6 Å². The van der Waals surface area contributed by atoms with Crippen LogP contribution >= 0.6 is 0 Å². The predicted molar refractivity (Wildman–Crippen MR) is 159 cm³/mol. The Balaban J connectivity index is 1.20. The molecular formula is C36H44F2O. The van der Waals surface area contributed by atoms with E-state index in [1.54, 1.807) is 13.0 Å². The van der Waals surface area contributed by atoms with Crippen molar-refractivity contribution in [1.29, 1.82) is 0 Å². The summed E-state index contributed by atoms with van der Waals surface area (Å²) in [6, 6.07) is 20.3.